The number of nitrogens with one attached hydrogen (secondary N) is 1. The Bertz CT molecular complexity index is 686. The van der Waals surface area contributed by atoms with Crippen LogP contribution in [0.2, 0.25) is 0 Å². The van der Waals surface area contributed by atoms with Gasteiger partial charge in [-0.05, 0) is 29.8 Å². The summed E-state index contributed by atoms with van der Waals surface area (Å²) in [5.74, 6) is -2.55. The van der Waals surface area contributed by atoms with Crippen molar-refractivity contribution in [3.8, 4) is 11.5 Å². The van der Waals surface area contributed by atoms with Gasteiger partial charge in [0.15, 0.2) is 0 Å². The van der Waals surface area contributed by atoms with Crippen LogP contribution in [0.1, 0.15) is 29.9 Å². The second-order valence-corrected chi connectivity index (χ2v) is 4.77. The van der Waals surface area contributed by atoms with E-state index in [0.717, 1.165) is 6.07 Å². The van der Waals surface area contributed by atoms with Crippen molar-refractivity contribution in [2.75, 3.05) is 0 Å². The van der Waals surface area contributed by atoms with Crippen molar-refractivity contribution in [2.24, 2.45) is 0 Å². The fourth-order valence-electron chi connectivity index (χ4n) is 2.07. The number of benzene rings is 1. The summed E-state index contributed by atoms with van der Waals surface area (Å²) in [7, 11) is 0. The number of aliphatic carboxylic acids is 1. The molecule has 7 nitrogen and oxygen atoms in total. The Labute approximate surface area is 125 Å². The summed E-state index contributed by atoms with van der Waals surface area (Å²) < 4.78 is 5.43. The molecule has 0 aliphatic rings. The average molecular weight is 305 g/mol. The summed E-state index contributed by atoms with van der Waals surface area (Å²) in [5.41, 5.74) is 0.186. The van der Waals surface area contributed by atoms with Crippen molar-refractivity contribution in [3.63, 3.8) is 0 Å². The van der Waals surface area contributed by atoms with Crippen LogP contribution in [0, 0.1) is 0 Å². The highest BCUT2D eigenvalue weighted by atomic mass is 16.4. The lowest BCUT2D eigenvalue weighted by molar-refractivity contribution is -0.138. The summed E-state index contributed by atoms with van der Waals surface area (Å²) in [4.78, 5) is 22.4. The van der Waals surface area contributed by atoms with E-state index in [0.29, 0.717) is 5.76 Å². The van der Waals surface area contributed by atoms with Gasteiger partial charge in [0.05, 0.1) is 6.54 Å². The molecule has 0 bridgehead atoms. The maximum Gasteiger partial charge on any atom is 0.318 e. The second kappa shape index (κ2) is 6.21. The number of phenols is 2. The molecule has 4 N–H and O–H groups in total. The van der Waals surface area contributed by atoms with Gasteiger partial charge in [-0.1, -0.05) is 0 Å². The first kappa shape index (κ1) is 15.4. The maximum absolute atomic E-state index is 11.5. The Morgan fingerprint density at radius 2 is 1.82 bits per heavy atom. The number of carbonyl (C=O) groups is 2. The molecule has 7 heteroatoms. The third-order valence-corrected chi connectivity index (χ3v) is 2.98. The Morgan fingerprint density at radius 1 is 1.18 bits per heavy atom. The van der Waals surface area contributed by atoms with Gasteiger partial charge in [-0.25, -0.2) is 0 Å². The number of amides is 1. The van der Waals surface area contributed by atoms with Gasteiger partial charge in [0.25, 0.3) is 0 Å². The van der Waals surface area contributed by atoms with E-state index in [1.54, 1.807) is 6.07 Å². The molecule has 2 aromatic rings. The van der Waals surface area contributed by atoms with Gasteiger partial charge in [0, 0.05) is 13.0 Å². The minimum atomic E-state index is -1.19. The van der Waals surface area contributed by atoms with Crippen molar-refractivity contribution >= 4 is 11.9 Å². The van der Waals surface area contributed by atoms with E-state index in [1.165, 1.54) is 25.1 Å². The molecule has 116 valence electrons. The Hall–Kier alpha value is -2.96. The zero-order chi connectivity index (χ0) is 16.3. The Balaban J connectivity index is 2.32. The van der Waals surface area contributed by atoms with Gasteiger partial charge in [0.1, 0.15) is 28.9 Å². The molecule has 0 saturated carbocycles. The smallest absolute Gasteiger partial charge is 0.318 e. The first-order chi connectivity index (χ1) is 10.4. The number of hydrogen-bond acceptors (Lipinski definition) is 5. The van der Waals surface area contributed by atoms with Crippen LogP contribution in [0.5, 0.6) is 11.5 Å². The summed E-state index contributed by atoms with van der Waals surface area (Å²) in [5, 5.41) is 30.9. The number of hydrogen-bond donors (Lipinski definition) is 4. The zero-order valence-corrected chi connectivity index (χ0v) is 11.7. The molecule has 1 amide bonds. The number of carbonyl (C=O) groups excluding carboxylic acids is 1. The maximum atomic E-state index is 11.5. The molecular weight excluding hydrogens is 290 g/mol. The first-order valence-corrected chi connectivity index (χ1v) is 6.45. The monoisotopic (exact) mass is 305 g/mol. The van der Waals surface area contributed by atoms with Crippen LogP contribution >= 0.6 is 0 Å². The highest BCUT2D eigenvalue weighted by molar-refractivity contribution is 5.80. The van der Waals surface area contributed by atoms with E-state index >= 15 is 0 Å². The number of carboxylic acids is 1. The normalized spacial score (nSPS) is 11.9. The summed E-state index contributed by atoms with van der Waals surface area (Å²) in [6.45, 7) is 1.51. The molecule has 0 radical (unpaired) electrons. The van der Waals surface area contributed by atoms with Crippen LogP contribution in [0.3, 0.4) is 0 Å². The minimum absolute atomic E-state index is 0.137. The molecule has 1 heterocycles. The van der Waals surface area contributed by atoms with E-state index in [9.17, 15) is 24.9 Å². The lowest BCUT2D eigenvalue weighted by atomic mass is 9.96. The standard InChI is InChI=1S/C15H15NO6/c1-8(17)16-7-12-2-3-13(22-12)14(15(20)21)9-4-10(18)6-11(19)5-9/h2-6,14,18-19H,7H2,1H3,(H,16,17)(H,20,21). The molecule has 0 aliphatic heterocycles. The molecule has 1 unspecified atom stereocenters. The quantitative estimate of drug-likeness (QED) is 0.665. The summed E-state index contributed by atoms with van der Waals surface area (Å²) >= 11 is 0. The van der Waals surface area contributed by atoms with Crippen molar-refractivity contribution in [1.29, 1.82) is 0 Å². The van der Waals surface area contributed by atoms with Crippen molar-refractivity contribution < 1.29 is 29.3 Å². The number of phenolic OH excluding ortho intramolecular Hbond substituents is 2. The van der Waals surface area contributed by atoms with E-state index in [1.807, 2.05) is 0 Å². The topological polar surface area (TPSA) is 120 Å². The van der Waals surface area contributed by atoms with Gasteiger partial charge in [-0.3, -0.25) is 9.59 Å². The number of furan rings is 1. The number of rotatable bonds is 5. The third kappa shape index (κ3) is 3.57. The van der Waals surface area contributed by atoms with Gasteiger partial charge in [0.2, 0.25) is 5.91 Å². The highest BCUT2D eigenvalue weighted by Crippen LogP contribution is 2.31. The van der Waals surface area contributed by atoms with Crippen LogP contribution in [-0.2, 0) is 16.1 Å². The summed E-state index contributed by atoms with van der Waals surface area (Å²) in [6.07, 6.45) is 0. The molecular formula is C15H15NO6. The van der Waals surface area contributed by atoms with E-state index in [4.69, 9.17) is 4.42 Å². The van der Waals surface area contributed by atoms with Crippen LogP contribution in [0.4, 0.5) is 0 Å². The molecule has 22 heavy (non-hydrogen) atoms. The lowest BCUT2D eigenvalue weighted by Crippen LogP contribution is -2.18. The molecule has 0 spiro atoms. The second-order valence-electron chi connectivity index (χ2n) is 4.77. The SMILES string of the molecule is CC(=O)NCc1ccc(C(C(=O)O)c2cc(O)cc(O)c2)o1. The Kier molecular flexibility index (Phi) is 4.36. The average Bonchev–Trinajstić information content (AvgIpc) is 2.83. The first-order valence-electron chi connectivity index (χ1n) is 6.45. The van der Waals surface area contributed by atoms with Crippen LogP contribution in [0.15, 0.2) is 34.7 Å². The summed E-state index contributed by atoms with van der Waals surface area (Å²) in [6, 6.07) is 6.64. The van der Waals surface area contributed by atoms with Gasteiger partial charge < -0.3 is 25.1 Å². The third-order valence-electron chi connectivity index (χ3n) is 2.98. The number of aromatic hydroxyl groups is 2. The van der Waals surface area contributed by atoms with Gasteiger partial charge >= 0.3 is 5.97 Å². The fraction of sp³-hybridized carbons (Fsp3) is 0.200. The molecule has 2 rings (SSSR count). The predicted octanol–water partition coefficient (Wildman–Crippen LogP) is 1.54. The van der Waals surface area contributed by atoms with Gasteiger partial charge in [-0.15, -0.1) is 0 Å². The molecule has 0 saturated heterocycles. The molecule has 1 aromatic heterocycles. The molecule has 1 atom stereocenters. The van der Waals surface area contributed by atoms with Crippen LogP contribution in [-0.4, -0.2) is 27.2 Å². The minimum Gasteiger partial charge on any atom is -0.508 e. The fourth-order valence-corrected chi connectivity index (χ4v) is 2.07. The van der Waals surface area contributed by atoms with Crippen LogP contribution < -0.4 is 5.32 Å². The molecule has 0 aliphatic carbocycles. The van der Waals surface area contributed by atoms with E-state index in [2.05, 4.69) is 5.32 Å². The zero-order valence-electron chi connectivity index (χ0n) is 11.7. The van der Waals surface area contributed by atoms with Gasteiger partial charge in [-0.2, -0.15) is 0 Å². The largest absolute Gasteiger partial charge is 0.508 e. The predicted molar refractivity (Wildman–Crippen MR) is 75.5 cm³/mol. The van der Waals surface area contributed by atoms with Crippen molar-refractivity contribution in [2.45, 2.75) is 19.4 Å². The highest BCUT2D eigenvalue weighted by Gasteiger charge is 2.26. The van der Waals surface area contributed by atoms with E-state index in [-0.39, 0.29) is 35.3 Å². The van der Waals surface area contributed by atoms with E-state index < -0.39 is 11.9 Å². The Morgan fingerprint density at radius 3 is 2.36 bits per heavy atom. The van der Waals surface area contributed by atoms with Crippen LogP contribution in [0.25, 0.3) is 0 Å². The number of carboxylic acid groups (broad SMARTS) is 1. The lowest BCUT2D eigenvalue weighted by Gasteiger charge is -2.11. The molecule has 0 fully saturated rings. The van der Waals surface area contributed by atoms with Crippen molar-refractivity contribution in [1.82, 2.24) is 5.32 Å². The molecule has 1 aromatic carbocycles. The van der Waals surface area contributed by atoms with Crippen molar-refractivity contribution in [3.05, 3.63) is 47.4 Å².